The Bertz CT molecular complexity index is 420. The third-order valence-electron chi connectivity index (χ3n) is 4.13. The first-order chi connectivity index (χ1) is 10.2. The van der Waals surface area contributed by atoms with Gasteiger partial charge >= 0.3 is 0 Å². The number of aromatic nitrogens is 2. The Kier molecular flexibility index (Phi) is 6.17. The van der Waals surface area contributed by atoms with Gasteiger partial charge in [-0.05, 0) is 19.8 Å². The van der Waals surface area contributed by atoms with E-state index < -0.39 is 0 Å². The maximum absolute atomic E-state index is 6.10. The van der Waals surface area contributed by atoms with Gasteiger partial charge in [0, 0.05) is 45.6 Å². The molecule has 6 nitrogen and oxygen atoms in total. The van der Waals surface area contributed by atoms with Crippen molar-refractivity contribution in [1.29, 1.82) is 0 Å². The molecule has 0 amide bonds. The minimum absolute atomic E-state index is 0.147. The summed E-state index contributed by atoms with van der Waals surface area (Å²) in [5.41, 5.74) is 7.30. The number of rotatable bonds is 10. The van der Waals surface area contributed by atoms with Crippen LogP contribution >= 0.6 is 0 Å². The first kappa shape index (κ1) is 16.4. The second-order valence-electron chi connectivity index (χ2n) is 5.74. The SMILES string of the molecule is COCCN(C(C)COC)C(CN)c1cncn1C1CC1. The van der Waals surface area contributed by atoms with E-state index in [-0.39, 0.29) is 12.1 Å². The largest absolute Gasteiger partial charge is 0.383 e. The minimum Gasteiger partial charge on any atom is -0.383 e. The standard InChI is InChI=1S/C15H28N4O2/c1-12(10-21-3)18(6-7-20-2)14(8-16)15-9-17-11-19(15)13-4-5-13/h9,11-14H,4-8,10,16H2,1-3H3. The minimum atomic E-state index is 0.147. The van der Waals surface area contributed by atoms with Crippen molar-refractivity contribution in [3.8, 4) is 0 Å². The molecule has 1 heterocycles. The molecule has 0 spiro atoms. The fourth-order valence-corrected chi connectivity index (χ4v) is 2.87. The number of methoxy groups -OCH3 is 2. The molecule has 1 aliphatic rings. The molecule has 1 saturated carbocycles. The molecule has 2 rings (SSSR count). The van der Waals surface area contributed by atoms with Gasteiger partial charge < -0.3 is 19.8 Å². The first-order valence-electron chi connectivity index (χ1n) is 7.68. The van der Waals surface area contributed by atoms with Crippen LogP contribution in [0.25, 0.3) is 0 Å². The monoisotopic (exact) mass is 296 g/mol. The van der Waals surface area contributed by atoms with Crippen molar-refractivity contribution >= 4 is 0 Å². The summed E-state index contributed by atoms with van der Waals surface area (Å²) in [5, 5.41) is 0. The van der Waals surface area contributed by atoms with E-state index >= 15 is 0 Å². The lowest BCUT2D eigenvalue weighted by molar-refractivity contribution is 0.0465. The van der Waals surface area contributed by atoms with Crippen LogP contribution in [-0.2, 0) is 9.47 Å². The zero-order chi connectivity index (χ0) is 15.2. The van der Waals surface area contributed by atoms with Crippen LogP contribution in [0.5, 0.6) is 0 Å². The van der Waals surface area contributed by atoms with Crippen LogP contribution in [0.3, 0.4) is 0 Å². The van der Waals surface area contributed by atoms with Crippen LogP contribution in [0.1, 0.15) is 37.5 Å². The van der Waals surface area contributed by atoms with Crippen molar-refractivity contribution in [2.75, 3.05) is 40.5 Å². The maximum Gasteiger partial charge on any atom is 0.0951 e. The molecule has 0 saturated heterocycles. The average Bonchev–Trinajstić information content (AvgIpc) is 3.22. The van der Waals surface area contributed by atoms with Crippen molar-refractivity contribution < 1.29 is 9.47 Å². The number of ether oxygens (including phenoxy) is 2. The second-order valence-corrected chi connectivity index (χ2v) is 5.74. The fourth-order valence-electron chi connectivity index (χ4n) is 2.87. The van der Waals surface area contributed by atoms with Gasteiger partial charge in [0.2, 0.25) is 0 Å². The van der Waals surface area contributed by atoms with E-state index in [9.17, 15) is 0 Å². The smallest absolute Gasteiger partial charge is 0.0951 e. The molecule has 2 unspecified atom stereocenters. The van der Waals surface area contributed by atoms with Gasteiger partial charge in [-0.2, -0.15) is 0 Å². The lowest BCUT2D eigenvalue weighted by Gasteiger charge is -2.35. The number of hydrogen-bond donors (Lipinski definition) is 1. The van der Waals surface area contributed by atoms with Crippen molar-refractivity contribution in [3.05, 3.63) is 18.2 Å². The molecule has 1 fully saturated rings. The molecule has 0 aliphatic heterocycles. The lowest BCUT2D eigenvalue weighted by atomic mass is 10.1. The molecular formula is C15H28N4O2. The van der Waals surface area contributed by atoms with Crippen LogP contribution in [-0.4, -0.2) is 61.0 Å². The van der Waals surface area contributed by atoms with Gasteiger partial charge in [-0.3, -0.25) is 4.90 Å². The van der Waals surface area contributed by atoms with Gasteiger partial charge in [0.1, 0.15) is 0 Å². The number of nitrogens with zero attached hydrogens (tertiary/aromatic N) is 3. The maximum atomic E-state index is 6.10. The third kappa shape index (κ3) is 4.03. The molecular weight excluding hydrogens is 268 g/mol. The van der Waals surface area contributed by atoms with Crippen LogP contribution in [0, 0.1) is 0 Å². The number of hydrogen-bond acceptors (Lipinski definition) is 5. The molecule has 0 aromatic carbocycles. The van der Waals surface area contributed by atoms with E-state index in [0.29, 0.717) is 25.8 Å². The highest BCUT2D eigenvalue weighted by Crippen LogP contribution is 2.37. The van der Waals surface area contributed by atoms with Crippen LogP contribution in [0.4, 0.5) is 0 Å². The van der Waals surface area contributed by atoms with Crippen LogP contribution in [0.2, 0.25) is 0 Å². The number of nitrogens with two attached hydrogens (primary N) is 1. The van der Waals surface area contributed by atoms with E-state index in [0.717, 1.165) is 6.54 Å². The number of imidazole rings is 1. The van der Waals surface area contributed by atoms with E-state index in [1.807, 2.05) is 12.5 Å². The second kappa shape index (κ2) is 7.89. The molecule has 0 radical (unpaired) electrons. The van der Waals surface area contributed by atoms with Gasteiger partial charge in [-0.25, -0.2) is 4.98 Å². The Morgan fingerprint density at radius 3 is 2.76 bits per heavy atom. The third-order valence-corrected chi connectivity index (χ3v) is 4.13. The van der Waals surface area contributed by atoms with Gasteiger partial charge in [-0.15, -0.1) is 0 Å². The average molecular weight is 296 g/mol. The summed E-state index contributed by atoms with van der Waals surface area (Å²) in [5.74, 6) is 0. The van der Waals surface area contributed by atoms with Crippen molar-refractivity contribution in [2.24, 2.45) is 5.73 Å². The van der Waals surface area contributed by atoms with E-state index in [1.54, 1.807) is 14.2 Å². The predicted octanol–water partition coefficient (Wildman–Crippen LogP) is 1.20. The molecule has 120 valence electrons. The summed E-state index contributed by atoms with van der Waals surface area (Å²) in [7, 11) is 3.46. The summed E-state index contributed by atoms with van der Waals surface area (Å²) >= 11 is 0. The zero-order valence-corrected chi connectivity index (χ0v) is 13.4. The molecule has 1 aromatic rings. The van der Waals surface area contributed by atoms with E-state index in [2.05, 4.69) is 21.4 Å². The highest BCUT2D eigenvalue weighted by Gasteiger charge is 2.31. The van der Waals surface area contributed by atoms with E-state index in [1.165, 1.54) is 18.5 Å². The highest BCUT2D eigenvalue weighted by atomic mass is 16.5. The quantitative estimate of drug-likeness (QED) is 0.703. The topological polar surface area (TPSA) is 65.5 Å². The van der Waals surface area contributed by atoms with Crippen molar-refractivity contribution in [2.45, 2.75) is 37.9 Å². The molecule has 0 bridgehead atoms. The summed E-state index contributed by atoms with van der Waals surface area (Å²) in [6.45, 7) is 4.93. The van der Waals surface area contributed by atoms with Gasteiger partial charge in [0.05, 0.1) is 31.3 Å². The Labute approximate surface area is 127 Å². The van der Waals surface area contributed by atoms with Crippen molar-refractivity contribution in [1.82, 2.24) is 14.5 Å². The lowest BCUT2D eigenvalue weighted by Crippen LogP contribution is -2.44. The summed E-state index contributed by atoms with van der Waals surface area (Å²) in [4.78, 5) is 6.70. The Hall–Kier alpha value is -0.950. The van der Waals surface area contributed by atoms with Gasteiger partial charge in [-0.1, -0.05) is 0 Å². The molecule has 2 atom stereocenters. The molecule has 21 heavy (non-hydrogen) atoms. The molecule has 6 heteroatoms. The summed E-state index contributed by atoms with van der Waals surface area (Å²) < 4.78 is 12.9. The Morgan fingerprint density at radius 2 is 2.19 bits per heavy atom. The normalized spacial score (nSPS) is 18.1. The van der Waals surface area contributed by atoms with E-state index in [4.69, 9.17) is 15.2 Å². The molecule has 2 N–H and O–H groups in total. The van der Waals surface area contributed by atoms with Crippen LogP contribution < -0.4 is 5.73 Å². The zero-order valence-electron chi connectivity index (χ0n) is 13.4. The molecule has 1 aliphatic carbocycles. The van der Waals surface area contributed by atoms with Gasteiger partial charge in [0.25, 0.3) is 0 Å². The summed E-state index contributed by atoms with van der Waals surface area (Å²) in [6, 6.07) is 1.04. The Morgan fingerprint density at radius 1 is 1.43 bits per heavy atom. The fraction of sp³-hybridized carbons (Fsp3) is 0.800. The van der Waals surface area contributed by atoms with Crippen molar-refractivity contribution in [3.63, 3.8) is 0 Å². The Balaban J connectivity index is 2.18. The van der Waals surface area contributed by atoms with Crippen LogP contribution in [0.15, 0.2) is 12.5 Å². The highest BCUT2D eigenvalue weighted by molar-refractivity contribution is 5.10. The summed E-state index contributed by atoms with van der Waals surface area (Å²) in [6.07, 6.45) is 6.37. The first-order valence-corrected chi connectivity index (χ1v) is 7.68. The molecule has 1 aromatic heterocycles. The van der Waals surface area contributed by atoms with Gasteiger partial charge in [0.15, 0.2) is 0 Å². The predicted molar refractivity (Wildman–Crippen MR) is 82.2 cm³/mol.